The van der Waals surface area contributed by atoms with Gasteiger partial charge in [-0.1, -0.05) is 41.9 Å². The standard InChI is InChI=1S/C29H29ClN6O2/c1-17-13-20(36-11-9-31-10-12-36)15-23-26(17)35-28(33-23)25-27(21-7-2-3-8-22(21)34-29(25)38)32-16-24(37)18-5-4-6-19(30)14-18/h2-8,13-15,24,31,37H,9-12,16H2,1H3,(H,33,35)(H2,32,34,38)/t24-/m0/s1. The van der Waals surface area contributed by atoms with Crippen LogP contribution in [0.3, 0.4) is 0 Å². The lowest BCUT2D eigenvalue weighted by Gasteiger charge is -2.29. The molecular formula is C29H29ClN6O2. The van der Waals surface area contributed by atoms with Crippen molar-refractivity contribution in [3.05, 3.63) is 87.2 Å². The van der Waals surface area contributed by atoms with E-state index in [0.29, 0.717) is 33.2 Å². The lowest BCUT2D eigenvalue weighted by Crippen LogP contribution is -2.43. The van der Waals surface area contributed by atoms with Crippen molar-refractivity contribution in [3.63, 3.8) is 0 Å². The fraction of sp³-hybridized carbons (Fsp3) is 0.241. The average Bonchev–Trinajstić information content (AvgIpc) is 3.36. The number of imidazole rings is 1. The summed E-state index contributed by atoms with van der Waals surface area (Å²) < 4.78 is 0. The van der Waals surface area contributed by atoms with Gasteiger partial charge in [0, 0.05) is 48.8 Å². The Bertz CT molecular complexity index is 1690. The van der Waals surface area contributed by atoms with E-state index in [1.165, 1.54) is 0 Å². The predicted molar refractivity (Wildman–Crippen MR) is 154 cm³/mol. The van der Waals surface area contributed by atoms with E-state index >= 15 is 0 Å². The Labute approximate surface area is 224 Å². The molecule has 0 aliphatic carbocycles. The van der Waals surface area contributed by atoms with E-state index in [2.05, 4.69) is 37.6 Å². The number of hydrogen-bond donors (Lipinski definition) is 5. The molecule has 1 saturated heterocycles. The molecule has 1 aliphatic heterocycles. The summed E-state index contributed by atoms with van der Waals surface area (Å²) in [7, 11) is 0. The zero-order chi connectivity index (χ0) is 26.2. The van der Waals surface area contributed by atoms with Gasteiger partial charge in [-0.25, -0.2) is 4.98 Å². The normalized spacial score (nSPS) is 14.8. The van der Waals surface area contributed by atoms with Crippen LogP contribution in [0.5, 0.6) is 0 Å². The molecule has 5 N–H and O–H groups in total. The summed E-state index contributed by atoms with van der Waals surface area (Å²) in [5.41, 5.74) is 6.05. The lowest BCUT2D eigenvalue weighted by molar-refractivity contribution is 0.191. The monoisotopic (exact) mass is 528 g/mol. The van der Waals surface area contributed by atoms with Gasteiger partial charge in [0.1, 0.15) is 11.4 Å². The fourth-order valence-corrected chi connectivity index (χ4v) is 5.38. The first-order valence-corrected chi connectivity index (χ1v) is 13.1. The minimum absolute atomic E-state index is 0.188. The Hall–Kier alpha value is -3.85. The number of hydrogen-bond acceptors (Lipinski definition) is 6. The molecule has 0 unspecified atom stereocenters. The van der Waals surface area contributed by atoms with Crippen molar-refractivity contribution in [1.82, 2.24) is 20.3 Å². The number of piperazine rings is 1. The molecule has 38 heavy (non-hydrogen) atoms. The maximum atomic E-state index is 13.4. The van der Waals surface area contributed by atoms with Gasteiger partial charge in [0.25, 0.3) is 5.56 Å². The minimum Gasteiger partial charge on any atom is -0.387 e. The van der Waals surface area contributed by atoms with Gasteiger partial charge in [-0.2, -0.15) is 0 Å². The summed E-state index contributed by atoms with van der Waals surface area (Å²) in [5.74, 6) is 0.479. The van der Waals surface area contributed by atoms with Gasteiger partial charge in [-0.15, -0.1) is 0 Å². The van der Waals surface area contributed by atoms with Crippen LogP contribution in [0.1, 0.15) is 17.2 Å². The number of fused-ring (bicyclic) bond motifs is 2. The number of aliphatic hydroxyl groups excluding tert-OH is 1. The number of H-pyrrole nitrogens is 2. The van der Waals surface area contributed by atoms with Crippen molar-refractivity contribution < 1.29 is 5.11 Å². The van der Waals surface area contributed by atoms with Crippen LogP contribution < -0.4 is 21.1 Å². The number of aliphatic hydroxyl groups is 1. The molecule has 194 valence electrons. The number of rotatable bonds is 6. The Kier molecular flexibility index (Phi) is 6.53. The van der Waals surface area contributed by atoms with E-state index in [4.69, 9.17) is 16.6 Å². The summed E-state index contributed by atoms with van der Waals surface area (Å²) >= 11 is 6.13. The molecular weight excluding hydrogens is 500 g/mol. The van der Waals surface area contributed by atoms with Crippen LogP contribution in [0.25, 0.3) is 33.3 Å². The number of anilines is 2. The lowest BCUT2D eigenvalue weighted by atomic mass is 10.1. The quantitative estimate of drug-likeness (QED) is 0.220. The molecule has 1 fully saturated rings. The highest BCUT2D eigenvalue weighted by atomic mass is 35.5. The number of nitrogens with zero attached hydrogens (tertiary/aromatic N) is 2. The summed E-state index contributed by atoms with van der Waals surface area (Å²) in [6, 6.07) is 19.0. The number of nitrogens with one attached hydrogen (secondary N) is 4. The molecule has 3 heterocycles. The molecule has 3 aromatic carbocycles. The predicted octanol–water partition coefficient (Wildman–Crippen LogP) is 4.59. The van der Waals surface area contributed by atoms with Crippen molar-refractivity contribution in [2.75, 3.05) is 42.9 Å². The number of halogens is 1. The van der Waals surface area contributed by atoms with Gasteiger partial charge in [0.05, 0.1) is 28.3 Å². The van der Waals surface area contributed by atoms with E-state index in [1.54, 1.807) is 18.2 Å². The third-order valence-electron chi connectivity index (χ3n) is 7.11. The third kappa shape index (κ3) is 4.62. The highest BCUT2D eigenvalue weighted by Crippen LogP contribution is 2.33. The Morgan fingerprint density at radius 1 is 1.05 bits per heavy atom. The van der Waals surface area contributed by atoms with E-state index in [9.17, 15) is 9.90 Å². The summed E-state index contributed by atoms with van der Waals surface area (Å²) in [4.78, 5) is 27.1. The molecule has 2 aromatic heterocycles. The second kappa shape index (κ2) is 10.1. The molecule has 9 heteroatoms. The Balaban J connectivity index is 1.43. The molecule has 5 aromatic rings. The van der Waals surface area contributed by atoms with E-state index in [0.717, 1.165) is 53.8 Å². The minimum atomic E-state index is -0.820. The number of aromatic amines is 2. The van der Waals surface area contributed by atoms with E-state index in [1.807, 2.05) is 37.3 Å². The SMILES string of the molecule is Cc1cc(N2CCNCC2)cc2[nH]c(-c3c(NC[C@H](O)c4cccc(Cl)c4)c4ccccc4[nH]c3=O)nc12. The molecule has 0 saturated carbocycles. The Morgan fingerprint density at radius 3 is 2.68 bits per heavy atom. The van der Waals surface area contributed by atoms with Gasteiger partial charge in [0.15, 0.2) is 0 Å². The number of aryl methyl sites for hydroxylation is 1. The summed E-state index contributed by atoms with van der Waals surface area (Å²) in [5, 5.41) is 19.0. The fourth-order valence-electron chi connectivity index (χ4n) is 5.18. The van der Waals surface area contributed by atoms with Gasteiger partial charge >= 0.3 is 0 Å². The largest absolute Gasteiger partial charge is 0.387 e. The molecule has 0 amide bonds. The van der Waals surface area contributed by atoms with Crippen LogP contribution in [0.4, 0.5) is 11.4 Å². The molecule has 8 nitrogen and oxygen atoms in total. The summed E-state index contributed by atoms with van der Waals surface area (Å²) in [6.07, 6.45) is -0.820. The first-order chi connectivity index (χ1) is 18.5. The third-order valence-corrected chi connectivity index (χ3v) is 7.34. The smallest absolute Gasteiger partial charge is 0.261 e. The van der Waals surface area contributed by atoms with Crippen molar-refractivity contribution >= 4 is 44.9 Å². The van der Waals surface area contributed by atoms with Crippen LogP contribution >= 0.6 is 11.6 Å². The molecule has 0 radical (unpaired) electrons. The van der Waals surface area contributed by atoms with Crippen LogP contribution in [0.2, 0.25) is 5.02 Å². The highest BCUT2D eigenvalue weighted by Gasteiger charge is 2.21. The maximum Gasteiger partial charge on any atom is 0.261 e. The maximum absolute atomic E-state index is 13.4. The topological polar surface area (TPSA) is 109 Å². The first kappa shape index (κ1) is 24.5. The Morgan fingerprint density at radius 2 is 1.87 bits per heavy atom. The van der Waals surface area contributed by atoms with E-state index < -0.39 is 6.10 Å². The highest BCUT2D eigenvalue weighted by molar-refractivity contribution is 6.30. The number of para-hydroxylation sites is 1. The van der Waals surface area contributed by atoms with Gasteiger partial charge in [0.2, 0.25) is 0 Å². The molecule has 0 spiro atoms. The second-order valence-electron chi connectivity index (χ2n) is 9.68. The second-order valence-corrected chi connectivity index (χ2v) is 10.1. The average molecular weight is 529 g/mol. The van der Waals surface area contributed by atoms with Crippen LogP contribution in [-0.2, 0) is 0 Å². The zero-order valence-corrected chi connectivity index (χ0v) is 21.8. The van der Waals surface area contributed by atoms with Crippen molar-refractivity contribution in [2.24, 2.45) is 0 Å². The molecule has 6 rings (SSSR count). The van der Waals surface area contributed by atoms with Crippen molar-refractivity contribution in [1.29, 1.82) is 0 Å². The summed E-state index contributed by atoms with van der Waals surface area (Å²) in [6.45, 7) is 6.03. The number of benzene rings is 3. The first-order valence-electron chi connectivity index (χ1n) is 12.8. The zero-order valence-electron chi connectivity index (χ0n) is 21.0. The number of pyridine rings is 1. The van der Waals surface area contributed by atoms with Crippen LogP contribution in [-0.4, -0.2) is 52.8 Å². The van der Waals surface area contributed by atoms with Gasteiger partial charge in [-0.3, -0.25) is 4.79 Å². The van der Waals surface area contributed by atoms with Crippen LogP contribution in [0, 0.1) is 6.92 Å². The van der Waals surface area contributed by atoms with Gasteiger partial charge in [-0.05, 0) is 48.4 Å². The van der Waals surface area contributed by atoms with Crippen LogP contribution in [0.15, 0.2) is 65.5 Å². The molecule has 1 atom stereocenters. The molecule has 0 bridgehead atoms. The van der Waals surface area contributed by atoms with E-state index in [-0.39, 0.29) is 12.1 Å². The van der Waals surface area contributed by atoms with Gasteiger partial charge < -0.3 is 30.6 Å². The number of aromatic nitrogens is 3. The molecule has 1 aliphatic rings. The van der Waals surface area contributed by atoms with Crippen molar-refractivity contribution in [3.8, 4) is 11.4 Å². The van der Waals surface area contributed by atoms with Crippen molar-refractivity contribution in [2.45, 2.75) is 13.0 Å².